The third-order valence-electron chi connectivity index (χ3n) is 3.54. The van der Waals surface area contributed by atoms with E-state index in [0.29, 0.717) is 5.92 Å². The summed E-state index contributed by atoms with van der Waals surface area (Å²) in [6, 6.07) is 4.15. The van der Waals surface area contributed by atoms with E-state index in [-0.39, 0.29) is 6.35 Å². The number of nitrogens with zero attached hydrogens (tertiary/aromatic N) is 3. The number of aromatic nitrogens is 1. The van der Waals surface area contributed by atoms with E-state index in [1.807, 2.05) is 18.5 Å². The van der Waals surface area contributed by atoms with Crippen molar-refractivity contribution in [2.24, 2.45) is 10.9 Å². The number of nitrogens with one attached hydrogen (secondary N) is 1. The van der Waals surface area contributed by atoms with Gasteiger partial charge in [0.1, 0.15) is 6.34 Å². The third-order valence-corrected chi connectivity index (χ3v) is 3.54. The summed E-state index contributed by atoms with van der Waals surface area (Å²) in [6.45, 7) is 2.10. The van der Waals surface area contributed by atoms with Gasteiger partial charge >= 0.3 is 0 Å². The van der Waals surface area contributed by atoms with Crippen LogP contribution in [0, 0.1) is 5.92 Å². The van der Waals surface area contributed by atoms with Crippen LogP contribution in [0.2, 0.25) is 0 Å². The maximum absolute atomic E-state index is 5.33. The van der Waals surface area contributed by atoms with E-state index < -0.39 is 0 Å². The smallest absolute Gasteiger partial charge is 0.232 e. The molecule has 1 saturated heterocycles. The molecule has 1 aromatic heterocycles. The van der Waals surface area contributed by atoms with Gasteiger partial charge in [0, 0.05) is 25.5 Å². The van der Waals surface area contributed by atoms with Crippen molar-refractivity contribution < 1.29 is 4.84 Å². The summed E-state index contributed by atoms with van der Waals surface area (Å²) in [7, 11) is 0. The maximum Gasteiger partial charge on any atom is 0.232 e. The Balaban J connectivity index is 1.58. The first kappa shape index (κ1) is 11.6. The second-order valence-electron chi connectivity index (χ2n) is 4.91. The standard InChI is InChI=1S/C13H18N4O/c1-3-11(8-14-5-1)7-12-4-2-6-17(9-12)13-15-10-16-18-13/h1,3,5,8,10,12-13H,2,4,6-7,9H2,(H,15,16). The predicted molar refractivity (Wildman–Crippen MR) is 68.7 cm³/mol. The number of hydroxylamine groups is 1. The lowest BCUT2D eigenvalue weighted by Gasteiger charge is -2.34. The Morgan fingerprint density at radius 3 is 3.28 bits per heavy atom. The molecule has 1 aromatic rings. The van der Waals surface area contributed by atoms with E-state index in [1.54, 1.807) is 6.34 Å². The molecule has 0 spiro atoms. The van der Waals surface area contributed by atoms with Crippen LogP contribution in [-0.2, 0) is 11.3 Å². The summed E-state index contributed by atoms with van der Waals surface area (Å²) in [6.07, 6.45) is 8.84. The Hall–Kier alpha value is -1.46. The van der Waals surface area contributed by atoms with Crippen molar-refractivity contribution in [3.8, 4) is 0 Å². The molecule has 5 heteroatoms. The molecule has 3 heterocycles. The highest BCUT2D eigenvalue weighted by atomic mass is 16.7. The average molecular weight is 246 g/mol. The first-order chi connectivity index (χ1) is 8.92. The Morgan fingerprint density at radius 1 is 1.50 bits per heavy atom. The molecule has 1 fully saturated rings. The van der Waals surface area contributed by atoms with Gasteiger partial charge < -0.3 is 0 Å². The topological polar surface area (TPSA) is 49.8 Å². The van der Waals surface area contributed by atoms with Gasteiger partial charge in [-0.1, -0.05) is 6.07 Å². The second kappa shape index (κ2) is 5.46. The molecule has 2 unspecified atom stereocenters. The fourth-order valence-electron chi connectivity index (χ4n) is 2.70. The number of pyridine rings is 1. The van der Waals surface area contributed by atoms with Crippen LogP contribution in [0.5, 0.6) is 0 Å². The molecule has 0 aromatic carbocycles. The highest BCUT2D eigenvalue weighted by Gasteiger charge is 2.27. The van der Waals surface area contributed by atoms with E-state index in [2.05, 4.69) is 26.4 Å². The number of aliphatic imine (C=N–C) groups is 1. The normalized spacial score (nSPS) is 28.2. The third kappa shape index (κ3) is 2.68. The zero-order valence-electron chi connectivity index (χ0n) is 10.3. The van der Waals surface area contributed by atoms with Crippen LogP contribution in [0.15, 0.2) is 29.5 Å². The van der Waals surface area contributed by atoms with Crippen LogP contribution in [0.4, 0.5) is 0 Å². The highest BCUT2D eigenvalue weighted by Crippen LogP contribution is 2.22. The van der Waals surface area contributed by atoms with Gasteiger partial charge in [-0.2, -0.15) is 0 Å². The van der Waals surface area contributed by atoms with E-state index in [4.69, 9.17) is 4.84 Å². The van der Waals surface area contributed by atoms with Gasteiger partial charge in [0.15, 0.2) is 0 Å². The number of hydrogen-bond donors (Lipinski definition) is 1. The minimum atomic E-state index is -0.137. The molecule has 0 aliphatic carbocycles. The summed E-state index contributed by atoms with van der Waals surface area (Å²) in [5, 5.41) is 0. The SMILES string of the molecule is C1=NC(N2CCCC(Cc3cccnc3)C2)ON1. The molecule has 0 radical (unpaired) electrons. The van der Waals surface area contributed by atoms with Crippen molar-refractivity contribution in [1.29, 1.82) is 0 Å². The molecule has 2 atom stereocenters. The van der Waals surface area contributed by atoms with Crippen LogP contribution >= 0.6 is 0 Å². The minimum Gasteiger partial charge on any atom is -0.264 e. The summed E-state index contributed by atoms with van der Waals surface area (Å²) in [5.74, 6) is 0.669. The average Bonchev–Trinajstić information content (AvgIpc) is 2.94. The van der Waals surface area contributed by atoms with Gasteiger partial charge in [-0.25, -0.2) is 9.83 Å². The number of likely N-dealkylation sites (tertiary alicyclic amines) is 1. The first-order valence-corrected chi connectivity index (χ1v) is 6.47. The van der Waals surface area contributed by atoms with Crippen molar-refractivity contribution in [2.75, 3.05) is 13.1 Å². The van der Waals surface area contributed by atoms with Crippen molar-refractivity contribution >= 4 is 6.34 Å². The van der Waals surface area contributed by atoms with Gasteiger partial charge in [0.05, 0.1) is 0 Å². The van der Waals surface area contributed by atoms with Crippen LogP contribution in [-0.4, -0.2) is 35.7 Å². The lowest BCUT2D eigenvalue weighted by Crippen LogP contribution is -2.43. The van der Waals surface area contributed by atoms with Gasteiger partial charge in [-0.15, -0.1) is 0 Å². The maximum atomic E-state index is 5.33. The van der Waals surface area contributed by atoms with Crippen LogP contribution < -0.4 is 5.48 Å². The summed E-state index contributed by atoms with van der Waals surface area (Å²) >= 11 is 0. The van der Waals surface area contributed by atoms with Crippen LogP contribution in [0.25, 0.3) is 0 Å². The van der Waals surface area contributed by atoms with Crippen LogP contribution in [0.1, 0.15) is 18.4 Å². The molecule has 96 valence electrons. The summed E-state index contributed by atoms with van der Waals surface area (Å²) in [4.78, 5) is 16.1. The van der Waals surface area contributed by atoms with E-state index in [0.717, 1.165) is 19.5 Å². The van der Waals surface area contributed by atoms with Gasteiger partial charge in [-0.3, -0.25) is 15.4 Å². The van der Waals surface area contributed by atoms with E-state index >= 15 is 0 Å². The Bertz CT molecular complexity index is 409. The van der Waals surface area contributed by atoms with Gasteiger partial charge in [0.25, 0.3) is 0 Å². The number of piperidine rings is 1. The molecule has 0 saturated carbocycles. The largest absolute Gasteiger partial charge is 0.264 e. The van der Waals surface area contributed by atoms with Gasteiger partial charge in [-0.05, 0) is 36.8 Å². The summed E-state index contributed by atoms with van der Waals surface area (Å²) < 4.78 is 0. The Morgan fingerprint density at radius 2 is 2.50 bits per heavy atom. The molecule has 0 bridgehead atoms. The monoisotopic (exact) mass is 246 g/mol. The van der Waals surface area contributed by atoms with Gasteiger partial charge in [0.2, 0.25) is 6.35 Å². The first-order valence-electron chi connectivity index (χ1n) is 6.47. The molecule has 5 nitrogen and oxygen atoms in total. The molecule has 2 aliphatic rings. The molecule has 18 heavy (non-hydrogen) atoms. The highest BCUT2D eigenvalue weighted by molar-refractivity contribution is 5.54. The lowest BCUT2D eigenvalue weighted by molar-refractivity contribution is -0.0794. The second-order valence-corrected chi connectivity index (χ2v) is 4.91. The quantitative estimate of drug-likeness (QED) is 0.870. The fourth-order valence-corrected chi connectivity index (χ4v) is 2.70. The molecule has 0 amide bonds. The zero-order valence-corrected chi connectivity index (χ0v) is 10.3. The zero-order chi connectivity index (χ0) is 12.2. The molecular formula is C13H18N4O. The Labute approximate surface area is 107 Å². The van der Waals surface area contributed by atoms with Crippen molar-refractivity contribution in [2.45, 2.75) is 25.6 Å². The Kier molecular flexibility index (Phi) is 3.52. The molecule has 1 N–H and O–H groups in total. The van der Waals surface area contributed by atoms with E-state index in [9.17, 15) is 0 Å². The fraction of sp³-hybridized carbons (Fsp3) is 0.538. The van der Waals surface area contributed by atoms with Crippen molar-refractivity contribution in [3.05, 3.63) is 30.1 Å². The molecule has 2 aliphatic heterocycles. The lowest BCUT2D eigenvalue weighted by atomic mass is 9.92. The number of hydrogen-bond acceptors (Lipinski definition) is 5. The molecule has 3 rings (SSSR count). The minimum absolute atomic E-state index is 0.137. The number of rotatable bonds is 3. The van der Waals surface area contributed by atoms with E-state index in [1.165, 1.54) is 18.4 Å². The summed E-state index contributed by atoms with van der Waals surface area (Å²) in [5.41, 5.74) is 4.01. The predicted octanol–water partition coefficient (Wildman–Crippen LogP) is 1.18. The van der Waals surface area contributed by atoms with Crippen molar-refractivity contribution in [1.82, 2.24) is 15.4 Å². The van der Waals surface area contributed by atoms with Crippen molar-refractivity contribution in [3.63, 3.8) is 0 Å². The molecular weight excluding hydrogens is 228 g/mol. The van der Waals surface area contributed by atoms with Crippen LogP contribution in [0.3, 0.4) is 0 Å².